The van der Waals surface area contributed by atoms with Crippen LogP contribution in [0.1, 0.15) is 28.8 Å². The molecule has 6 nitrogen and oxygen atoms in total. The number of benzene rings is 1. The van der Waals surface area contributed by atoms with Crippen molar-refractivity contribution in [1.29, 1.82) is 0 Å². The van der Waals surface area contributed by atoms with Crippen LogP contribution in [0.2, 0.25) is 0 Å². The van der Waals surface area contributed by atoms with Crippen LogP contribution in [0.15, 0.2) is 36.7 Å². The number of likely N-dealkylation sites (N-methyl/N-ethyl adjacent to an activating group) is 1. The van der Waals surface area contributed by atoms with Crippen LogP contribution in [0.4, 0.5) is 4.39 Å². The highest BCUT2D eigenvalue weighted by atomic mass is 19.1. The molecule has 0 bridgehead atoms. The summed E-state index contributed by atoms with van der Waals surface area (Å²) in [6.45, 7) is 2.48. The first kappa shape index (κ1) is 18.1. The first-order valence-corrected chi connectivity index (χ1v) is 8.62. The lowest BCUT2D eigenvalue weighted by molar-refractivity contribution is -0.141. The standard InChI is InChI=1S/C19H23FN4O2/c1-14-5-6-15(13-16(14)20)17(25)23-11-7-19(8-12-23,18(26)22(2)3)24-10-4-9-21-24/h4-6,9-10,13H,7-8,11-12H2,1-3H3. The molecule has 3 rings (SSSR count). The van der Waals surface area contributed by atoms with E-state index in [0.29, 0.717) is 37.1 Å². The molecule has 2 heterocycles. The van der Waals surface area contributed by atoms with Crippen LogP contribution in [0.5, 0.6) is 0 Å². The molecule has 1 saturated heterocycles. The zero-order chi connectivity index (χ0) is 18.9. The quantitative estimate of drug-likeness (QED) is 0.844. The summed E-state index contributed by atoms with van der Waals surface area (Å²) in [6.07, 6.45) is 4.36. The van der Waals surface area contributed by atoms with Crippen molar-refractivity contribution in [3.63, 3.8) is 0 Å². The van der Waals surface area contributed by atoms with Gasteiger partial charge < -0.3 is 9.80 Å². The first-order chi connectivity index (χ1) is 12.3. The number of nitrogens with zero attached hydrogens (tertiary/aromatic N) is 4. The lowest BCUT2D eigenvalue weighted by atomic mass is 9.86. The molecule has 1 aromatic carbocycles. The number of amides is 2. The number of rotatable bonds is 3. The molecule has 7 heteroatoms. The molecule has 2 aromatic rings. The lowest BCUT2D eigenvalue weighted by Gasteiger charge is -2.42. The van der Waals surface area contributed by atoms with Crippen LogP contribution in [0.3, 0.4) is 0 Å². The number of aryl methyl sites for hydroxylation is 1. The van der Waals surface area contributed by atoms with E-state index in [9.17, 15) is 14.0 Å². The van der Waals surface area contributed by atoms with Crippen molar-refractivity contribution >= 4 is 11.8 Å². The number of likely N-dealkylation sites (tertiary alicyclic amines) is 1. The van der Waals surface area contributed by atoms with E-state index in [1.54, 1.807) is 66.1 Å². The minimum absolute atomic E-state index is 0.0327. The number of carbonyl (C=O) groups excluding carboxylic acids is 2. The smallest absolute Gasteiger partial charge is 0.253 e. The average molecular weight is 358 g/mol. The molecular weight excluding hydrogens is 335 g/mol. The van der Waals surface area contributed by atoms with Gasteiger partial charge >= 0.3 is 0 Å². The third-order valence-electron chi connectivity index (χ3n) is 5.04. The van der Waals surface area contributed by atoms with E-state index in [4.69, 9.17) is 0 Å². The summed E-state index contributed by atoms with van der Waals surface area (Å²) in [4.78, 5) is 28.8. The number of halogens is 1. The van der Waals surface area contributed by atoms with Crippen LogP contribution < -0.4 is 0 Å². The largest absolute Gasteiger partial charge is 0.347 e. The Morgan fingerprint density at radius 1 is 1.23 bits per heavy atom. The van der Waals surface area contributed by atoms with E-state index in [2.05, 4.69) is 5.10 Å². The van der Waals surface area contributed by atoms with Crippen molar-refractivity contribution in [3.05, 3.63) is 53.6 Å². The van der Waals surface area contributed by atoms with Gasteiger partial charge in [0.25, 0.3) is 5.91 Å². The van der Waals surface area contributed by atoms with Gasteiger partial charge in [-0.2, -0.15) is 5.10 Å². The van der Waals surface area contributed by atoms with Crippen molar-refractivity contribution in [2.75, 3.05) is 27.2 Å². The second-order valence-electron chi connectivity index (χ2n) is 6.94. The Morgan fingerprint density at radius 2 is 1.92 bits per heavy atom. The molecule has 2 amide bonds. The van der Waals surface area contributed by atoms with Gasteiger partial charge in [0.1, 0.15) is 11.4 Å². The van der Waals surface area contributed by atoms with Crippen molar-refractivity contribution < 1.29 is 14.0 Å². The molecule has 1 aromatic heterocycles. The molecule has 26 heavy (non-hydrogen) atoms. The van der Waals surface area contributed by atoms with Crippen LogP contribution in [-0.4, -0.2) is 58.6 Å². The van der Waals surface area contributed by atoms with Crippen molar-refractivity contribution in [2.45, 2.75) is 25.3 Å². The van der Waals surface area contributed by atoms with E-state index < -0.39 is 5.54 Å². The third-order valence-corrected chi connectivity index (χ3v) is 5.04. The number of hydrogen-bond donors (Lipinski definition) is 0. The number of carbonyl (C=O) groups is 2. The molecular formula is C19H23FN4O2. The predicted octanol–water partition coefficient (Wildman–Crippen LogP) is 2.05. The Hall–Kier alpha value is -2.70. The normalized spacial score (nSPS) is 16.4. The molecule has 0 N–H and O–H groups in total. The predicted molar refractivity (Wildman–Crippen MR) is 95.2 cm³/mol. The summed E-state index contributed by atoms with van der Waals surface area (Å²) >= 11 is 0. The van der Waals surface area contributed by atoms with Gasteiger partial charge in [0, 0.05) is 45.1 Å². The topological polar surface area (TPSA) is 58.4 Å². The molecule has 1 aliphatic heterocycles. The Balaban J connectivity index is 1.80. The molecule has 0 aliphatic carbocycles. The lowest BCUT2D eigenvalue weighted by Crippen LogP contribution is -2.55. The molecule has 1 aliphatic rings. The molecule has 0 unspecified atom stereocenters. The number of piperidine rings is 1. The second-order valence-corrected chi connectivity index (χ2v) is 6.94. The zero-order valence-electron chi connectivity index (χ0n) is 15.3. The van der Waals surface area contributed by atoms with Gasteiger partial charge in [-0.25, -0.2) is 4.39 Å². The van der Waals surface area contributed by atoms with Gasteiger partial charge in [-0.15, -0.1) is 0 Å². The Kier molecular flexibility index (Phi) is 4.80. The van der Waals surface area contributed by atoms with E-state index >= 15 is 0 Å². The van der Waals surface area contributed by atoms with Crippen molar-refractivity contribution in [3.8, 4) is 0 Å². The number of aromatic nitrogens is 2. The minimum atomic E-state index is -0.789. The van der Waals surface area contributed by atoms with E-state index in [0.717, 1.165) is 0 Å². The molecule has 0 spiro atoms. The maximum Gasteiger partial charge on any atom is 0.253 e. The summed E-state index contributed by atoms with van der Waals surface area (Å²) in [5.41, 5.74) is 0.0515. The highest BCUT2D eigenvalue weighted by molar-refractivity contribution is 5.94. The summed E-state index contributed by atoms with van der Waals surface area (Å²) in [5.74, 6) is -0.633. The maximum atomic E-state index is 13.8. The molecule has 1 fully saturated rings. The SMILES string of the molecule is Cc1ccc(C(=O)N2CCC(C(=O)N(C)C)(n3cccn3)CC2)cc1F. The van der Waals surface area contributed by atoms with Gasteiger partial charge in [-0.3, -0.25) is 14.3 Å². The highest BCUT2D eigenvalue weighted by Gasteiger charge is 2.45. The summed E-state index contributed by atoms with van der Waals surface area (Å²) in [5, 5.41) is 4.28. The van der Waals surface area contributed by atoms with E-state index in [-0.39, 0.29) is 17.6 Å². The third kappa shape index (κ3) is 3.09. The monoisotopic (exact) mass is 358 g/mol. The fourth-order valence-corrected chi connectivity index (χ4v) is 3.47. The Bertz CT molecular complexity index is 809. The molecule has 0 saturated carbocycles. The van der Waals surface area contributed by atoms with E-state index in [1.165, 1.54) is 6.07 Å². The van der Waals surface area contributed by atoms with E-state index in [1.807, 2.05) is 0 Å². The van der Waals surface area contributed by atoms with Gasteiger partial charge in [0.15, 0.2) is 0 Å². The van der Waals surface area contributed by atoms with Crippen LogP contribution in [-0.2, 0) is 10.3 Å². The summed E-state index contributed by atoms with van der Waals surface area (Å²) in [6, 6.07) is 6.31. The minimum Gasteiger partial charge on any atom is -0.347 e. The maximum absolute atomic E-state index is 13.8. The molecule has 138 valence electrons. The Morgan fingerprint density at radius 3 is 2.46 bits per heavy atom. The van der Waals surface area contributed by atoms with Crippen molar-refractivity contribution in [1.82, 2.24) is 19.6 Å². The molecule has 0 atom stereocenters. The fourth-order valence-electron chi connectivity index (χ4n) is 3.47. The van der Waals surface area contributed by atoms with Crippen LogP contribution in [0.25, 0.3) is 0 Å². The van der Waals surface area contributed by atoms with Gasteiger partial charge in [-0.1, -0.05) is 6.07 Å². The van der Waals surface area contributed by atoms with Crippen molar-refractivity contribution in [2.24, 2.45) is 0 Å². The summed E-state index contributed by atoms with van der Waals surface area (Å²) < 4.78 is 15.5. The highest BCUT2D eigenvalue weighted by Crippen LogP contribution is 2.32. The van der Waals surface area contributed by atoms with Gasteiger partial charge in [0.05, 0.1) is 0 Å². The van der Waals surface area contributed by atoms with Gasteiger partial charge in [0.2, 0.25) is 5.91 Å². The van der Waals surface area contributed by atoms with Crippen LogP contribution >= 0.6 is 0 Å². The zero-order valence-corrected chi connectivity index (χ0v) is 15.3. The molecule has 0 radical (unpaired) electrons. The number of hydrogen-bond acceptors (Lipinski definition) is 3. The average Bonchev–Trinajstić information content (AvgIpc) is 3.18. The van der Waals surface area contributed by atoms with Gasteiger partial charge in [-0.05, 0) is 43.5 Å². The van der Waals surface area contributed by atoms with Crippen LogP contribution in [0, 0.1) is 12.7 Å². The first-order valence-electron chi connectivity index (χ1n) is 8.62. The summed E-state index contributed by atoms with van der Waals surface area (Å²) in [7, 11) is 3.44. The fraction of sp³-hybridized carbons (Fsp3) is 0.421. The second kappa shape index (κ2) is 6.90. The Labute approximate surface area is 152 Å².